The first kappa shape index (κ1) is 19.4. The Bertz CT molecular complexity index is 1160. The largest absolute Gasteiger partial charge is 0.348 e. The minimum atomic E-state index is -0.146. The summed E-state index contributed by atoms with van der Waals surface area (Å²) in [6, 6.07) is 30.7. The second-order valence-corrected chi connectivity index (χ2v) is 7.11. The van der Waals surface area contributed by atoms with Crippen molar-refractivity contribution in [2.24, 2.45) is 0 Å². The summed E-state index contributed by atoms with van der Waals surface area (Å²) in [5.74, 6) is -0.236. The molecule has 0 aliphatic rings. The molecule has 0 saturated carbocycles. The predicted molar refractivity (Wildman–Crippen MR) is 120 cm³/mol. The number of hydrogen-bond acceptors (Lipinski definition) is 2. The number of benzene rings is 4. The molecule has 0 aliphatic heterocycles. The van der Waals surface area contributed by atoms with E-state index in [1.54, 1.807) is 24.3 Å². The highest BCUT2D eigenvalue weighted by Crippen LogP contribution is 2.19. The average molecular weight is 394 g/mol. The molecule has 0 saturated heterocycles. The van der Waals surface area contributed by atoms with Crippen molar-refractivity contribution in [1.29, 1.82) is 0 Å². The summed E-state index contributed by atoms with van der Waals surface area (Å²) in [7, 11) is 0. The van der Waals surface area contributed by atoms with Crippen molar-refractivity contribution >= 4 is 28.3 Å². The van der Waals surface area contributed by atoms with Gasteiger partial charge in [0.1, 0.15) is 0 Å². The number of rotatable bonds is 6. The van der Waals surface area contributed by atoms with Crippen LogP contribution in [0.2, 0.25) is 0 Å². The molecule has 0 unspecified atom stereocenters. The zero-order valence-corrected chi connectivity index (χ0v) is 16.5. The zero-order chi connectivity index (χ0) is 20.8. The Hall–Kier alpha value is -3.92. The average Bonchev–Trinajstić information content (AvgIpc) is 2.79. The highest BCUT2D eigenvalue weighted by molar-refractivity contribution is 5.97. The smallest absolute Gasteiger partial charge is 0.251 e. The van der Waals surface area contributed by atoms with Gasteiger partial charge in [0, 0.05) is 17.8 Å². The molecule has 2 amide bonds. The van der Waals surface area contributed by atoms with Gasteiger partial charge in [0.05, 0.1) is 6.42 Å². The van der Waals surface area contributed by atoms with Crippen LogP contribution >= 0.6 is 0 Å². The summed E-state index contributed by atoms with van der Waals surface area (Å²) in [4.78, 5) is 24.8. The molecule has 0 fully saturated rings. The van der Waals surface area contributed by atoms with Gasteiger partial charge in [-0.1, -0.05) is 72.8 Å². The fourth-order valence-electron chi connectivity index (χ4n) is 3.41. The summed E-state index contributed by atoms with van der Waals surface area (Å²) in [6.45, 7) is 0.475. The van der Waals surface area contributed by atoms with E-state index in [4.69, 9.17) is 0 Å². The quantitative estimate of drug-likeness (QED) is 0.486. The van der Waals surface area contributed by atoms with E-state index in [1.807, 2.05) is 72.8 Å². The number of carbonyl (C=O) groups excluding carboxylic acids is 2. The van der Waals surface area contributed by atoms with Crippen LogP contribution in [0, 0.1) is 0 Å². The number of hydrogen-bond donors (Lipinski definition) is 2. The van der Waals surface area contributed by atoms with Crippen molar-refractivity contribution < 1.29 is 9.59 Å². The lowest BCUT2D eigenvalue weighted by atomic mass is 10.0. The molecule has 30 heavy (non-hydrogen) atoms. The van der Waals surface area contributed by atoms with Gasteiger partial charge in [-0.15, -0.1) is 0 Å². The lowest BCUT2D eigenvalue weighted by Crippen LogP contribution is -2.22. The van der Waals surface area contributed by atoms with Crippen molar-refractivity contribution in [3.05, 3.63) is 114 Å². The van der Waals surface area contributed by atoms with E-state index in [9.17, 15) is 9.59 Å². The van der Waals surface area contributed by atoms with E-state index >= 15 is 0 Å². The molecule has 4 rings (SSSR count). The minimum absolute atomic E-state index is 0.0902. The van der Waals surface area contributed by atoms with Crippen LogP contribution in [0.5, 0.6) is 0 Å². The first-order chi connectivity index (χ1) is 14.7. The summed E-state index contributed by atoms with van der Waals surface area (Å²) >= 11 is 0. The Morgan fingerprint density at radius 2 is 1.40 bits per heavy atom. The molecular formula is C26H22N2O2. The van der Waals surface area contributed by atoms with Crippen LogP contribution in [0.4, 0.5) is 5.69 Å². The second-order valence-electron chi connectivity index (χ2n) is 7.11. The van der Waals surface area contributed by atoms with Crippen molar-refractivity contribution in [3.8, 4) is 0 Å². The number of nitrogens with one attached hydrogen (secondary N) is 2. The Labute approximate surface area is 175 Å². The summed E-state index contributed by atoms with van der Waals surface area (Å²) in [5.41, 5.74) is 3.25. The number of anilines is 1. The van der Waals surface area contributed by atoms with E-state index < -0.39 is 0 Å². The van der Waals surface area contributed by atoms with E-state index in [2.05, 4.69) is 10.6 Å². The maximum Gasteiger partial charge on any atom is 0.251 e. The fourth-order valence-corrected chi connectivity index (χ4v) is 3.41. The first-order valence-electron chi connectivity index (χ1n) is 9.88. The van der Waals surface area contributed by atoms with Crippen LogP contribution in [-0.4, -0.2) is 11.8 Å². The Morgan fingerprint density at radius 3 is 2.20 bits per heavy atom. The van der Waals surface area contributed by atoms with Gasteiger partial charge in [-0.2, -0.15) is 0 Å². The zero-order valence-electron chi connectivity index (χ0n) is 16.5. The van der Waals surface area contributed by atoms with Gasteiger partial charge in [-0.3, -0.25) is 9.59 Å². The van der Waals surface area contributed by atoms with Crippen LogP contribution < -0.4 is 10.6 Å². The van der Waals surface area contributed by atoms with Gasteiger partial charge < -0.3 is 10.6 Å². The molecule has 0 bridgehead atoms. The maximum absolute atomic E-state index is 12.5. The van der Waals surface area contributed by atoms with Crippen molar-refractivity contribution in [2.75, 3.05) is 5.32 Å². The lowest BCUT2D eigenvalue weighted by Gasteiger charge is -2.09. The summed E-state index contributed by atoms with van der Waals surface area (Å²) in [5, 5.41) is 8.01. The molecular weight excluding hydrogens is 372 g/mol. The van der Waals surface area contributed by atoms with Gasteiger partial charge in [0.2, 0.25) is 5.91 Å². The monoisotopic (exact) mass is 394 g/mol. The standard InChI is InChI=1S/C26H22N2O2/c29-25(17-22-11-6-10-20-9-4-5-12-24(20)22)28-23-15-13-21(14-16-23)26(30)27-18-19-7-2-1-3-8-19/h1-16H,17-18H2,(H,27,30)(H,28,29). The lowest BCUT2D eigenvalue weighted by molar-refractivity contribution is -0.115. The van der Waals surface area contributed by atoms with E-state index in [1.165, 1.54) is 0 Å². The first-order valence-corrected chi connectivity index (χ1v) is 9.88. The molecule has 2 N–H and O–H groups in total. The van der Waals surface area contributed by atoms with Gasteiger partial charge in [-0.05, 0) is 46.2 Å². The van der Waals surface area contributed by atoms with Crippen molar-refractivity contribution in [2.45, 2.75) is 13.0 Å². The highest BCUT2D eigenvalue weighted by Gasteiger charge is 2.09. The molecule has 0 aromatic heterocycles. The van der Waals surface area contributed by atoms with E-state index in [-0.39, 0.29) is 11.8 Å². The molecule has 0 radical (unpaired) electrons. The Morgan fingerprint density at radius 1 is 0.700 bits per heavy atom. The fraction of sp³-hybridized carbons (Fsp3) is 0.0769. The highest BCUT2D eigenvalue weighted by atomic mass is 16.2. The normalized spacial score (nSPS) is 10.5. The van der Waals surface area contributed by atoms with E-state index in [0.29, 0.717) is 24.2 Å². The Balaban J connectivity index is 1.36. The molecule has 4 heteroatoms. The van der Waals surface area contributed by atoms with Crippen LogP contribution in [-0.2, 0) is 17.8 Å². The van der Waals surface area contributed by atoms with Crippen molar-refractivity contribution in [3.63, 3.8) is 0 Å². The van der Waals surface area contributed by atoms with Crippen LogP contribution in [0.3, 0.4) is 0 Å². The SMILES string of the molecule is O=C(Cc1cccc2ccccc12)Nc1ccc(C(=O)NCc2ccccc2)cc1. The third kappa shape index (κ3) is 4.73. The summed E-state index contributed by atoms with van der Waals surface area (Å²) < 4.78 is 0. The number of amides is 2. The Kier molecular flexibility index (Phi) is 5.85. The molecule has 0 spiro atoms. The predicted octanol–water partition coefficient (Wildman–Crippen LogP) is 4.95. The molecule has 4 aromatic rings. The molecule has 4 aromatic carbocycles. The van der Waals surface area contributed by atoms with Crippen LogP contribution in [0.1, 0.15) is 21.5 Å². The number of fused-ring (bicyclic) bond motifs is 1. The van der Waals surface area contributed by atoms with Gasteiger partial charge in [0.15, 0.2) is 0 Å². The van der Waals surface area contributed by atoms with Crippen LogP contribution in [0.15, 0.2) is 97.1 Å². The topological polar surface area (TPSA) is 58.2 Å². The van der Waals surface area contributed by atoms with Gasteiger partial charge >= 0.3 is 0 Å². The molecule has 0 heterocycles. The van der Waals surface area contributed by atoms with Crippen molar-refractivity contribution in [1.82, 2.24) is 5.32 Å². The van der Waals surface area contributed by atoms with Gasteiger partial charge in [0.25, 0.3) is 5.91 Å². The van der Waals surface area contributed by atoms with E-state index in [0.717, 1.165) is 21.9 Å². The molecule has 0 aliphatic carbocycles. The van der Waals surface area contributed by atoms with Gasteiger partial charge in [-0.25, -0.2) is 0 Å². The third-order valence-electron chi connectivity index (χ3n) is 4.96. The summed E-state index contributed by atoms with van der Waals surface area (Å²) in [6.07, 6.45) is 0.292. The maximum atomic E-state index is 12.5. The minimum Gasteiger partial charge on any atom is -0.348 e. The second kappa shape index (κ2) is 9.05. The van der Waals surface area contributed by atoms with Crippen LogP contribution in [0.25, 0.3) is 10.8 Å². The molecule has 4 nitrogen and oxygen atoms in total. The number of carbonyl (C=O) groups is 2. The molecule has 0 atom stereocenters. The third-order valence-corrected chi connectivity index (χ3v) is 4.96. The molecule has 148 valence electrons.